The second-order valence-corrected chi connectivity index (χ2v) is 8.15. The highest BCUT2D eigenvalue weighted by Crippen LogP contribution is 2.28. The topological polar surface area (TPSA) is 149 Å². The summed E-state index contributed by atoms with van der Waals surface area (Å²) in [6, 6.07) is 3.35. The minimum atomic E-state index is -4.22. The molecule has 1 atom stereocenters. The maximum atomic E-state index is 12.7. The van der Waals surface area contributed by atoms with Crippen LogP contribution in [-0.4, -0.2) is 47.8 Å². The highest BCUT2D eigenvalue weighted by atomic mass is 79.9. The molecule has 148 valence electrons. The molecule has 1 aliphatic rings. The van der Waals surface area contributed by atoms with Crippen LogP contribution in [0.4, 0.5) is 5.82 Å². The minimum Gasteiger partial charge on any atom is -0.464 e. The first-order valence-electron chi connectivity index (χ1n) is 7.87. The molecule has 28 heavy (non-hydrogen) atoms. The van der Waals surface area contributed by atoms with Gasteiger partial charge in [0.25, 0.3) is 10.0 Å². The van der Waals surface area contributed by atoms with E-state index in [0.29, 0.717) is 4.60 Å². The van der Waals surface area contributed by atoms with Crippen LogP contribution in [0.3, 0.4) is 0 Å². The maximum Gasteiger partial charge on any atom is 0.360 e. The van der Waals surface area contributed by atoms with Crippen LogP contribution in [0, 0.1) is 0 Å². The third kappa shape index (κ3) is 3.89. The van der Waals surface area contributed by atoms with E-state index in [4.69, 9.17) is 0 Å². The Morgan fingerprint density at radius 2 is 2.14 bits per heavy atom. The molecule has 1 aliphatic heterocycles. The molecule has 0 radical (unpaired) electrons. The highest BCUT2D eigenvalue weighted by Gasteiger charge is 2.33. The molecule has 2 amide bonds. The Hall–Kier alpha value is -2.80. The Kier molecular flexibility index (Phi) is 5.47. The van der Waals surface area contributed by atoms with Crippen molar-refractivity contribution in [3.05, 3.63) is 34.8 Å². The van der Waals surface area contributed by atoms with Gasteiger partial charge in [0.1, 0.15) is 10.6 Å². The number of piperidine rings is 1. The highest BCUT2D eigenvalue weighted by molar-refractivity contribution is 9.10. The number of amides is 2. The molecule has 1 fully saturated rings. The predicted octanol–water partition coefficient (Wildman–Crippen LogP) is 0.606. The molecule has 11 nitrogen and oxygen atoms in total. The summed E-state index contributed by atoms with van der Waals surface area (Å²) in [6.45, 7) is 0. The maximum absolute atomic E-state index is 12.7. The van der Waals surface area contributed by atoms with Crippen LogP contribution >= 0.6 is 15.9 Å². The summed E-state index contributed by atoms with van der Waals surface area (Å²) in [5.41, 5.74) is -0.328. The number of carbonyl (C=O) groups excluding carboxylic acids is 3. The lowest BCUT2D eigenvalue weighted by atomic mass is 10.1. The number of aromatic nitrogens is 3. The average Bonchev–Trinajstić information content (AvgIpc) is 3.03. The van der Waals surface area contributed by atoms with E-state index in [9.17, 15) is 22.8 Å². The van der Waals surface area contributed by atoms with Gasteiger partial charge in [-0.2, -0.15) is 8.42 Å². The largest absolute Gasteiger partial charge is 0.464 e. The number of imide groups is 1. The van der Waals surface area contributed by atoms with Crippen LogP contribution in [0.2, 0.25) is 0 Å². The summed E-state index contributed by atoms with van der Waals surface area (Å²) < 4.78 is 33.8. The molecule has 0 aromatic carbocycles. The van der Waals surface area contributed by atoms with Crippen molar-refractivity contribution in [1.82, 2.24) is 19.9 Å². The summed E-state index contributed by atoms with van der Waals surface area (Å²) in [4.78, 5) is 43.4. The van der Waals surface area contributed by atoms with Crippen LogP contribution in [0.1, 0.15) is 29.4 Å². The number of imidazole rings is 1. The zero-order valence-corrected chi connectivity index (χ0v) is 16.8. The number of nitrogens with zero attached hydrogens (tertiary/aromatic N) is 3. The van der Waals surface area contributed by atoms with Crippen LogP contribution in [0.15, 0.2) is 34.2 Å². The number of esters is 1. The van der Waals surface area contributed by atoms with E-state index in [1.54, 1.807) is 6.07 Å². The monoisotopic (exact) mass is 471 g/mol. The van der Waals surface area contributed by atoms with E-state index in [1.807, 2.05) is 0 Å². The van der Waals surface area contributed by atoms with Crippen molar-refractivity contribution in [2.45, 2.75) is 23.9 Å². The molecule has 13 heteroatoms. The van der Waals surface area contributed by atoms with Crippen molar-refractivity contribution in [3.8, 4) is 0 Å². The van der Waals surface area contributed by atoms with Crippen LogP contribution in [0.5, 0.6) is 0 Å². The number of hydrogen-bond acceptors (Lipinski definition) is 8. The Morgan fingerprint density at radius 3 is 2.79 bits per heavy atom. The summed E-state index contributed by atoms with van der Waals surface area (Å²) >= 11 is 3.09. The number of nitrogens with one attached hydrogen (secondary N) is 2. The molecule has 1 unspecified atom stereocenters. The first-order chi connectivity index (χ1) is 13.2. The molecule has 0 aliphatic carbocycles. The van der Waals surface area contributed by atoms with Gasteiger partial charge in [-0.3, -0.25) is 19.6 Å². The molecule has 2 aromatic rings. The van der Waals surface area contributed by atoms with Gasteiger partial charge in [-0.05, 0) is 34.5 Å². The Bertz CT molecular complexity index is 1070. The first-order valence-corrected chi connectivity index (χ1v) is 10.1. The van der Waals surface area contributed by atoms with Crippen molar-refractivity contribution >= 4 is 49.6 Å². The normalized spacial score (nSPS) is 17.1. The van der Waals surface area contributed by atoms with E-state index in [1.165, 1.54) is 16.7 Å². The van der Waals surface area contributed by atoms with E-state index in [0.717, 1.165) is 13.4 Å². The number of sulfonamides is 1. The van der Waals surface area contributed by atoms with E-state index in [2.05, 4.69) is 40.7 Å². The molecule has 3 rings (SSSR count). The van der Waals surface area contributed by atoms with Crippen molar-refractivity contribution < 1.29 is 27.5 Å². The fraction of sp³-hybridized carbons (Fsp3) is 0.267. The number of hydrogen-bond donors (Lipinski definition) is 2. The lowest BCUT2D eigenvalue weighted by Gasteiger charge is -2.24. The summed E-state index contributed by atoms with van der Waals surface area (Å²) in [5, 5.41) is 1.86. The van der Waals surface area contributed by atoms with Crippen molar-refractivity contribution in [3.63, 3.8) is 0 Å². The van der Waals surface area contributed by atoms with Gasteiger partial charge in [0.15, 0.2) is 16.5 Å². The molecule has 0 spiro atoms. The Balaban J connectivity index is 2.05. The number of carbonyl (C=O) groups is 3. The molecular formula is C15H14BrN5O6S. The van der Waals surface area contributed by atoms with Gasteiger partial charge in [0, 0.05) is 6.42 Å². The third-order valence-corrected chi connectivity index (χ3v) is 5.60. The fourth-order valence-electron chi connectivity index (χ4n) is 2.61. The summed E-state index contributed by atoms with van der Waals surface area (Å²) in [7, 11) is -3.11. The van der Waals surface area contributed by atoms with Crippen molar-refractivity contribution in [2.24, 2.45) is 0 Å². The fourth-order valence-corrected chi connectivity index (χ4v) is 4.11. The van der Waals surface area contributed by atoms with Crippen molar-refractivity contribution in [2.75, 3.05) is 11.8 Å². The van der Waals surface area contributed by atoms with Crippen LogP contribution in [0.25, 0.3) is 0 Å². The van der Waals surface area contributed by atoms with Crippen LogP contribution in [-0.2, 0) is 24.3 Å². The lowest BCUT2D eigenvalue weighted by molar-refractivity contribution is -0.135. The smallest absolute Gasteiger partial charge is 0.360 e. The Labute approximate surface area is 167 Å². The zero-order valence-electron chi connectivity index (χ0n) is 14.4. The second kappa shape index (κ2) is 7.67. The average molecular weight is 472 g/mol. The van der Waals surface area contributed by atoms with Gasteiger partial charge in [0.05, 0.1) is 13.4 Å². The van der Waals surface area contributed by atoms with E-state index < -0.39 is 33.8 Å². The summed E-state index contributed by atoms with van der Waals surface area (Å²) in [6.07, 6.45) is 1.31. The van der Waals surface area contributed by atoms with Gasteiger partial charge >= 0.3 is 5.97 Å². The number of ether oxygens (including phenoxy) is 1. The lowest BCUT2D eigenvalue weighted by Crippen LogP contribution is -2.42. The number of anilines is 1. The quantitative estimate of drug-likeness (QED) is 0.365. The SMILES string of the molecule is COC(=O)c1ncn(C2CCC(=O)NC2=O)c1NS(=O)(=O)c1cccc(Br)n1. The third-order valence-electron chi connectivity index (χ3n) is 3.91. The molecule has 0 bridgehead atoms. The number of methoxy groups -OCH3 is 1. The molecule has 2 N–H and O–H groups in total. The first kappa shape index (κ1) is 19.9. The van der Waals surface area contributed by atoms with E-state index in [-0.39, 0.29) is 29.4 Å². The molecule has 2 aromatic heterocycles. The van der Waals surface area contributed by atoms with Gasteiger partial charge < -0.3 is 9.30 Å². The van der Waals surface area contributed by atoms with Crippen LogP contribution < -0.4 is 10.0 Å². The minimum absolute atomic E-state index is 0.0571. The van der Waals surface area contributed by atoms with Gasteiger partial charge in [0.2, 0.25) is 11.8 Å². The second-order valence-electron chi connectivity index (χ2n) is 5.71. The van der Waals surface area contributed by atoms with Gasteiger partial charge in [-0.25, -0.2) is 14.8 Å². The molecule has 3 heterocycles. The van der Waals surface area contributed by atoms with E-state index >= 15 is 0 Å². The molecular weight excluding hydrogens is 458 g/mol. The number of rotatable bonds is 5. The van der Waals surface area contributed by atoms with Gasteiger partial charge in [-0.15, -0.1) is 0 Å². The number of pyridine rings is 1. The van der Waals surface area contributed by atoms with Gasteiger partial charge in [-0.1, -0.05) is 6.07 Å². The predicted molar refractivity (Wildman–Crippen MR) is 97.7 cm³/mol. The Morgan fingerprint density at radius 1 is 1.39 bits per heavy atom. The standard InChI is InChI=1S/C15H14BrN5O6S/c1-27-15(24)12-13(20-28(25,26)11-4-2-3-9(16)18-11)21(7-17-12)8-5-6-10(22)19-14(8)23/h2-4,7-8,20H,5-6H2,1H3,(H,19,22,23). The number of halogens is 1. The molecule has 1 saturated heterocycles. The molecule has 0 saturated carbocycles. The zero-order chi connectivity index (χ0) is 20.5. The summed E-state index contributed by atoms with van der Waals surface area (Å²) in [5.74, 6) is -2.23. The van der Waals surface area contributed by atoms with Crippen molar-refractivity contribution in [1.29, 1.82) is 0 Å².